The minimum atomic E-state index is -1.72. The Morgan fingerprint density at radius 2 is 1.30 bits per heavy atom. The summed E-state index contributed by atoms with van der Waals surface area (Å²) in [5.41, 5.74) is 11.7. The molecular weight excluding hydrogens is 546 g/mol. The molecule has 14 N–H and O–H groups in total. The van der Waals surface area contributed by atoms with Crippen LogP contribution in [0, 0.1) is 0 Å². The van der Waals surface area contributed by atoms with Crippen LogP contribution in [0.3, 0.4) is 0 Å². The van der Waals surface area contributed by atoms with Crippen molar-refractivity contribution in [2.75, 3.05) is 19.8 Å². The fraction of sp³-hybridized carbons (Fsp3) is 0.955. The molecule has 0 aliphatic carbocycles. The van der Waals surface area contributed by atoms with E-state index in [9.17, 15) is 50.8 Å². The lowest BCUT2D eigenvalue weighted by molar-refractivity contribution is -0.351. The third-order valence-corrected chi connectivity index (χ3v) is 7.38. The highest BCUT2D eigenvalue weighted by Crippen LogP contribution is 2.32. The molecule has 3 unspecified atom stereocenters. The average molecular weight is 588 g/mol. The molecule has 0 aromatic rings. The van der Waals surface area contributed by atoms with E-state index in [1.807, 2.05) is 0 Å². The zero-order valence-electron chi connectivity index (χ0n) is 21.7. The van der Waals surface area contributed by atoms with Crippen LogP contribution in [-0.4, -0.2) is 170 Å². The minimum Gasteiger partial charge on any atom is -0.480 e. The molecule has 18 heteroatoms. The van der Waals surface area contributed by atoms with Gasteiger partial charge in [0.2, 0.25) is 0 Å². The molecule has 0 bridgehead atoms. The summed E-state index contributed by atoms with van der Waals surface area (Å²) in [6.45, 7) is -0.659. The van der Waals surface area contributed by atoms with Crippen LogP contribution in [-0.2, 0) is 28.5 Å². The standard InChI is InChI=1S/C22H41N3O15/c1-2-6(19(33)34)25-12-16(32)18(39-21-11(24)14(30)13(29)7(3-26)37-21)9(5-28)38-22(12)40-17-8(4-27)36-20(35)10(23)15(17)31/h6-18,20-22,25-32,35H,2-5,23-24H2,1H3,(H,33,34)/t6?,7-,8-,9-,10-,11-,12-,13-,14-,15-,16-,17?,18?,20-,21+,22+/m1/s1. The first kappa shape index (κ1) is 33.3. The van der Waals surface area contributed by atoms with Crippen LogP contribution in [0.4, 0.5) is 0 Å². The van der Waals surface area contributed by atoms with E-state index in [0.29, 0.717) is 0 Å². The number of carboxylic acid groups (broad SMARTS) is 1. The number of carbonyl (C=O) groups is 1. The largest absolute Gasteiger partial charge is 0.480 e. The predicted octanol–water partition coefficient (Wildman–Crippen LogP) is -7.18. The van der Waals surface area contributed by atoms with Crippen molar-refractivity contribution >= 4 is 5.97 Å². The first-order chi connectivity index (χ1) is 18.9. The first-order valence-electron chi connectivity index (χ1n) is 12.9. The van der Waals surface area contributed by atoms with Crippen molar-refractivity contribution < 1.29 is 74.4 Å². The van der Waals surface area contributed by atoms with Gasteiger partial charge < -0.3 is 81.1 Å². The lowest BCUT2D eigenvalue weighted by Gasteiger charge is -2.49. The summed E-state index contributed by atoms with van der Waals surface area (Å²) >= 11 is 0. The molecule has 3 aliphatic rings. The summed E-state index contributed by atoms with van der Waals surface area (Å²) in [5, 5.41) is 93.8. The quantitative estimate of drug-likeness (QED) is 0.107. The van der Waals surface area contributed by atoms with Crippen molar-refractivity contribution in [3.8, 4) is 0 Å². The number of carboxylic acids is 1. The normalized spacial score (nSPS) is 47.1. The van der Waals surface area contributed by atoms with Crippen LogP contribution in [0.15, 0.2) is 0 Å². The van der Waals surface area contributed by atoms with Crippen LogP contribution in [0.25, 0.3) is 0 Å². The van der Waals surface area contributed by atoms with Gasteiger partial charge >= 0.3 is 5.97 Å². The maximum absolute atomic E-state index is 11.8. The molecule has 0 amide bonds. The Hall–Kier alpha value is -1.17. The number of nitrogens with two attached hydrogens (primary N) is 2. The third-order valence-electron chi connectivity index (χ3n) is 7.38. The lowest BCUT2D eigenvalue weighted by Crippen LogP contribution is -2.70. The number of hydrogen-bond acceptors (Lipinski definition) is 17. The number of aliphatic hydroxyl groups is 8. The van der Waals surface area contributed by atoms with Gasteiger partial charge in [-0.1, -0.05) is 6.92 Å². The van der Waals surface area contributed by atoms with Gasteiger partial charge in [-0.2, -0.15) is 0 Å². The zero-order valence-corrected chi connectivity index (χ0v) is 21.7. The number of aliphatic hydroxyl groups excluding tert-OH is 8. The van der Waals surface area contributed by atoms with Crippen LogP contribution < -0.4 is 16.8 Å². The van der Waals surface area contributed by atoms with Gasteiger partial charge in [0.1, 0.15) is 61.0 Å². The third kappa shape index (κ3) is 6.89. The van der Waals surface area contributed by atoms with Crippen LogP contribution in [0.2, 0.25) is 0 Å². The second kappa shape index (κ2) is 14.3. The Bertz CT molecular complexity index is 811. The van der Waals surface area contributed by atoms with Crippen molar-refractivity contribution in [2.24, 2.45) is 11.5 Å². The minimum absolute atomic E-state index is 0.0462. The Labute approximate surface area is 228 Å². The lowest BCUT2D eigenvalue weighted by atomic mass is 9.93. The molecule has 0 saturated carbocycles. The molecule has 3 fully saturated rings. The molecule has 16 atom stereocenters. The zero-order chi connectivity index (χ0) is 29.9. The summed E-state index contributed by atoms with van der Waals surface area (Å²) < 4.78 is 28.1. The Kier molecular flexibility index (Phi) is 11.9. The van der Waals surface area contributed by atoms with Gasteiger partial charge in [-0.3, -0.25) is 10.1 Å². The second-order valence-corrected chi connectivity index (χ2v) is 10.0. The summed E-state index contributed by atoms with van der Waals surface area (Å²) in [7, 11) is 0. The van der Waals surface area contributed by atoms with Crippen molar-refractivity contribution in [1.82, 2.24) is 5.32 Å². The van der Waals surface area contributed by atoms with E-state index >= 15 is 0 Å². The molecule has 234 valence electrons. The smallest absolute Gasteiger partial charge is 0.320 e. The van der Waals surface area contributed by atoms with Gasteiger partial charge in [-0.05, 0) is 6.42 Å². The van der Waals surface area contributed by atoms with Gasteiger partial charge in [0, 0.05) is 0 Å². The van der Waals surface area contributed by atoms with Gasteiger partial charge in [-0.15, -0.1) is 0 Å². The highest BCUT2D eigenvalue weighted by atomic mass is 16.7. The van der Waals surface area contributed by atoms with E-state index in [2.05, 4.69) is 5.32 Å². The van der Waals surface area contributed by atoms with Crippen molar-refractivity contribution in [2.45, 2.75) is 111 Å². The topological polar surface area (TPSA) is 309 Å². The summed E-state index contributed by atoms with van der Waals surface area (Å²) in [6.07, 6.45) is -18.0. The highest BCUT2D eigenvalue weighted by Gasteiger charge is 2.53. The maximum Gasteiger partial charge on any atom is 0.320 e. The first-order valence-corrected chi connectivity index (χ1v) is 12.9. The second-order valence-electron chi connectivity index (χ2n) is 10.0. The van der Waals surface area contributed by atoms with Crippen molar-refractivity contribution in [1.29, 1.82) is 0 Å². The van der Waals surface area contributed by atoms with Crippen molar-refractivity contribution in [3.63, 3.8) is 0 Å². The maximum atomic E-state index is 11.8. The van der Waals surface area contributed by atoms with Crippen LogP contribution in [0.1, 0.15) is 13.3 Å². The number of rotatable bonds is 11. The molecule has 3 heterocycles. The van der Waals surface area contributed by atoms with Gasteiger partial charge in [0.25, 0.3) is 0 Å². The fourth-order valence-electron chi connectivity index (χ4n) is 4.93. The van der Waals surface area contributed by atoms with Gasteiger partial charge in [0.15, 0.2) is 18.9 Å². The Balaban J connectivity index is 1.90. The molecule has 0 aromatic carbocycles. The molecule has 3 saturated heterocycles. The van der Waals surface area contributed by atoms with E-state index in [4.69, 9.17) is 35.2 Å². The summed E-state index contributed by atoms with van der Waals surface area (Å²) in [5.74, 6) is -1.28. The van der Waals surface area contributed by atoms with Gasteiger partial charge in [-0.25, -0.2) is 0 Å². The molecular formula is C22H41N3O15. The number of nitrogens with one attached hydrogen (secondary N) is 1. The van der Waals surface area contributed by atoms with E-state index in [-0.39, 0.29) is 6.42 Å². The van der Waals surface area contributed by atoms with Crippen LogP contribution in [0.5, 0.6) is 0 Å². The molecule has 0 radical (unpaired) electrons. The summed E-state index contributed by atoms with van der Waals surface area (Å²) in [6, 6.07) is -5.38. The molecule has 40 heavy (non-hydrogen) atoms. The molecule has 18 nitrogen and oxygen atoms in total. The van der Waals surface area contributed by atoms with E-state index in [1.165, 1.54) is 0 Å². The molecule has 0 aromatic heterocycles. The predicted molar refractivity (Wildman–Crippen MR) is 128 cm³/mol. The summed E-state index contributed by atoms with van der Waals surface area (Å²) in [4.78, 5) is 11.8. The Morgan fingerprint density at radius 3 is 1.85 bits per heavy atom. The molecule has 0 spiro atoms. The number of aliphatic carboxylic acids is 1. The number of hydrogen-bond donors (Lipinski definition) is 12. The van der Waals surface area contributed by atoms with E-state index in [0.717, 1.165) is 0 Å². The van der Waals surface area contributed by atoms with Gasteiger partial charge in [0.05, 0.1) is 37.9 Å². The fourth-order valence-corrected chi connectivity index (χ4v) is 4.93. The molecule has 3 rings (SSSR count). The highest BCUT2D eigenvalue weighted by molar-refractivity contribution is 5.73. The Morgan fingerprint density at radius 1 is 0.775 bits per heavy atom. The van der Waals surface area contributed by atoms with Crippen LogP contribution >= 0.6 is 0 Å². The van der Waals surface area contributed by atoms with Crippen molar-refractivity contribution in [3.05, 3.63) is 0 Å². The number of ether oxygens (including phenoxy) is 5. The molecule has 3 aliphatic heterocycles. The van der Waals surface area contributed by atoms with E-state index in [1.54, 1.807) is 6.92 Å². The van der Waals surface area contributed by atoms with E-state index < -0.39 is 124 Å². The average Bonchev–Trinajstić information content (AvgIpc) is 2.93. The monoisotopic (exact) mass is 587 g/mol. The SMILES string of the molecule is CCC(N[C@H]1[C@H](OC2[C@@H](CO)O[C@@H](O)[C@H](N)[C@H]2O)O[C@H](CO)C(O[C@@H]2O[C@H](CO)[C@@H](O)[C@H](O)[C@H]2N)[C@@H]1O)C(=O)O.